The molecule has 1 atom stereocenters. The number of nitrogens with two attached hydrogens (primary N) is 1. The van der Waals surface area contributed by atoms with Gasteiger partial charge < -0.3 is 15.4 Å². The Kier molecular flexibility index (Phi) is 3.19. The molecule has 2 aliphatic rings. The van der Waals surface area contributed by atoms with Crippen molar-refractivity contribution >= 4 is 5.91 Å². The topological polar surface area (TPSA) is 55.6 Å². The fourth-order valence-corrected chi connectivity index (χ4v) is 2.82. The van der Waals surface area contributed by atoms with Gasteiger partial charge in [-0.3, -0.25) is 4.79 Å². The molecule has 1 aliphatic heterocycles. The number of carbonyl (C=O) groups is 1. The van der Waals surface area contributed by atoms with Gasteiger partial charge in [-0.05, 0) is 42.5 Å². The van der Waals surface area contributed by atoms with Crippen LogP contribution in [-0.2, 0) is 6.42 Å². The van der Waals surface area contributed by atoms with Gasteiger partial charge in [-0.15, -0.1) is 0 Å². The molecule has 1 aromatic carbocycles. The third-order valence-corrected chi connectivity index (χ3v) is 4.16. The summed E-state index contributed by atoms with van der Waals surface area (Å²) in [7, 11) is 1.86. The van der Waals surface area contributed by atoms with Gasteiger partial charge in [0.25, 0.3) is 5.91 Å². The molecule has 1 saturated carbocycles. The lowest BCUT2D eigenvalue weighted by Crippen LogP contribution is -2.43. The van der Waals surface area contributed by atoms with E-state index < -0.39 is 0 Å². The summed E-state index contributed by atoms with van der Waals surface area (Å²) in [5.41, 5.74) is 7.68. The van der Waals surface area contributed by atoms with Gasteiger partial charge in [0.1, 0.15) is 5.75 Å². The Morgan fingerprint density at radius 1 is 1.53 bits per heavy atom. The van der Waals surface area contributed by atoms with Crippen molar-refractivity contribution in [1.82, 2.24) is 4.90 Å². The summed E-state index contributed by atoms with van der Waals surface area (Å²) in [6, 6.07) is 5.89. The van der Waals surface area contributed by atoms with Crippen molar-refractivity contribution in [2.75, 3.05) is 20.2 Å². The van der Waals surface area contributed by atoms with Crippen molar-refractivity contribution in [2.45, 2.75) is 25.3 Å². The average Bonchev–Trinajstić information content (AvgIpc) is 3.15. The number of hydrogen-bond donors (Lipinski definition) is 1. The predicted octanol–water partition coefficient (Wildman–Crippen LogP) is 1.43. The second kappa shape index (κ2) is 4.85. The molecule has 0 radical (unpaired) electrons. The summed E-state index contributed by atoms with van der Waals surface area (Å²) in [6.45, 7) is 1.26. The van der Waals surface area contributed by atoms with E-state index in [9.17, 15) is 4.79 Å². The first-order valence-corrected chi connectivity index (χ1v) is 6.93. The van der Waals surface area contributed by atoms with Crippen molar-refractivity contribution < 1.29 is 9.53 Å². The molecule has 0 aromatic heterocycles. The molecule has 0 spiro atoms. The zero-order valence-electron chi connectivity index (χ0n) is 11.3. The number of carbonyl (C=O) groups excluding carboxylic acids is 1. The highest BCUT2D eigenvalue weighted by Crippen LogP contribution is 2.35. The van der Waals surface area contributed by atoms with Crippen LogP contribution in [0.25, 0.3) is 0 Å². The molecular weight excluding hydrogens is 240 g/mol. The Balaban J connectivity index is 1.79. The van der Waals surface area contributed by atoms with E-state index in [1.807, 2.05) is 30.1 Å². The highest BCUT2D eigenvalue weighted by molar-refractivity contribution is 5.94. The first-order valence-electron chi connectivity index (χ1n) is 6.93. The molecular formula is C15H20N2O2. The van der Waals surface area contributed by atoms with E-state index in [1.165, 1.54) is 12.8 Å². The summed E-state index contributed by atoms with van der Waals surface area (Å²) in [5.74, 6) is 1.57. The highest BCUT2D eigenvalue weighted by Gasteiger charge is 2.35. The van der Waals surface area contributed by atoms with E-state index in [0.717, 1.165) is 29.9 Å². The Hall–Kier alpha value is -1.55. The minimum Gasteiger partial charge on any atom is -0.493 e. The van der Waals surface area contributed by atoms with Gasteiger partial charge in [0, 0.05) is 31.6 Å². The van der Waals surface area contributed by atoms with Crippen molar-refractivity contribution in [1.29, 1.82) is 0 Å². The van der Waals surface area contributed by atoms with Crippen LogP contribution in [0.1, 0.15) is 28.8 Å². The number of benzene rings is 1. The molecule has 1 amide bonds. The number of fused-ring (bicyclic) bond motifs is 1. The lowest BCUT2D eigenvalue weighted by Gasteiger charge is -2.27. The first kappa shape index (κ1) is 12.5. The molecule has 2 N–H and O–H groups in total. The average molecular weight is 260 g/mol. The van der Waals surface area contributed by atoms with Gasteiger partial charge in [0.15, 0.2) is 0 Å². The summed E-state index contributed by atoms with van der Waals surface area (Å²) in [4.78, 5) is 14.3. The van der Waals surface area contributed by atoms with E-state index in [-0.39, 0.29) is 11.9 Å². The van der Waals surface area contributed by atoms with Crippen LogP contribution >= 0.6 is 0 Å². The molecule has 4 nitrogen and oxygen atoms in total. The van der Waals surface area contributed by atoms with E-state index in [0.29, 0.717) is 12.5 Å². The fraction of sp³-hybridized carbons (Fsp3) is 0.533. The summed E-state index contributed by atoms with van der Waals surface area (Å²) in [6.07, 6.45) is 3.28. The van der Waals surface area contributed by atoms with Crippen LogP contribution in [0, 0.1) is 5.92 Å². The van der Waals surface area contributed by atoms with Crippen molar-refractivity contribution in [2.24, 2.45) is 11.7 Å². The number of ether oxygens (including phenoxy) is 1. The van der Waals surface area contributed by atoms with Gasteiger partial charge >= 0.3 is 0 Å². The number of hydrogen-bond acceptors (Lipinski definition) is 3. The van der Waals surface area contributed by atoms with Gasteiger partial charge in [-0.25, -0.2) is 0 Å². The molecule has 0 saturated heterocycles. The van der Waals surface area contributed by atoms with E-state index in [4.69, 9.17) is 10.5 Å². The molecule has 0 bridgehead atoms. The predicted molar refractivity (Wildman–Crippen MR) is 73.3 cm³/mol. The summed E-state index contributed by atoms with van der Waals surface area (Å²) >= 11 is 0. The molecule has 1 aromatic rings. The standard InChI is InChI=1S/C15H20N2O2/c1-17(13(9-16)10-2-3-10)15(18)12-4-5-14-11(8-12)6-7-19-14/h4-5,8,10,13H,2-3,6-7,9,16H2,1H3. The molecule has 102 valence electrons. The normalized spacial score (nSPS) is 18.6. The third kappa shape index (κ3) is 2.32. The minimum atomic E-state index is 0.0667. The summed E-state index contributed by atoms with van der Waals surface area (Å²) in [5, 5.41) is 0. The maximum Gasteiger partial charge on any atom is 0.253 e. The van der Waals surface area contributed by atoms with Gasteiger partial charge in [0.05, 0.1) is 6.61 Å². The second-order valence-corrected chi connectivity index (χ2v) is 5.48. The largest absolute Gasteiger partial charge is 0.493 e. The van der Waals surface area contributed by atoms with E-state index in [2.05, 4.69) is 0 Å². The Morgan fingerprint density at radius 2 is 2.32 bits per heavy atom. The van der Waals surface area contributed by atoms with E-state index in [1.54, 1.807) is 0 Å². The number of rotatable bonds is 4. The van der Waals surface area contributed by atoms with Crippen LogP contribution < -0.4 is 10.5 Å². The molecule has 19 heavy (non-hydrogen) atoms. The summed E-state index contributed by atoms with van der Waals surface area (Å²) < 4.78 is 5.47. The third-order valence-electron chi connectivity index (χ3n) is 4.16. The van der Waals surface area contributed by atoms with Gasteiger partial charge in [-0.1, -0.05) is 0 Å². The van der Waals surface area contributed by atoms with Crippen molar-refractivity contribution in [3.05, 3.63) is 29.3 Å². The van der Waals surface area contributed by atoms with Crippen LogP contribution in [0.15, 0.2) is 18.2 Å². The van der Waals surface area contributed by atoms with Crippen molar-refractivity contribution in [3.8, 4) is 5.75 Å². The highest BCUT2D eigenvalue weighted by atomic mass is 16.5. The first-order chi connectivity index (χ1) is 9.20. The van der Waals surface area contributed by atoms with E-state index >= 15 is 0 Å². The molecule has 1 unspecified atom stereocenters. The monoisotopic (exact) mass is 260 g/mol. The molecule has 4 heteroatoms. The quantitative estimate of drug-likeness (QED) is 0.891. The van der Waals surface area contributed by atoms with Crippen LogP contribution in [0.3, 0.4) is 0 Å². The van der Waals surface area contributed by atoms with Crippen LogP contribution in [-0.4, -0.2) is 37.0 Å². The lowest BCUT2D eigenvalue weighted by molar-refractivity contribution is 0.0718. The van der Waals surface area contributed by atoms with Gasteiger partial charge in [0.2, 0.25) is 0 Å². The van der Waals surface area contributed by atoms with Crippen LogP contribution in [0.4, 0.5) is 0 Å². The van der Waals surface area contributed by atoms with Crippen LogP contribution in [0.5, 0.6) is 5.75 Å². The SMILES string of the molecule is CN(C(=O)c1ccc2c(c1)CCO2)C(CN)C1CC1. The lowest BCUT2D eigenvalue weighted by atomic mass is 10.1. The Bertz CT molecular complexity index is 497. The molecule has 3 rings (SSSR count). The zero-order chi connectivity index (χ0) is 13.4. The smallest absolute Gasteiger partial charge is 0.253 e. The van der Waals surface area contributed by atoms with Crippen LogP contribution in [0.2, 0.25) is 0 Å². The minimum absolute atomic E-state index is 0.0667. The number of amides is 1. The Morgan fingerprint density at radius 3 is 3.00 bits per heavy atom. The molecule has 1 aliphatic carbocycles. The second-order valence-electron chi connectivity index (χ2n) is 5.48. The number of likely N-dealkylation sites (N-methyl/N-ethyl adjacent to an activating group) is 1. The maximum atomic E-state index is 12.5. The van der Waals surface area contributed by atoms with Crippen molar-refractivity contribution in [3.63, 3.8) is 0 Å². The maximum absolute atomic E-state index is 12.5. The number of nitrogens with zero attached hydrogens (tertiary/aromatic N) is 1. The fourth-order valence-electron chi connectivity index (χ4n) is 2.82. The van der Waals surface area contributed by atoms with Gasteiger partial charge in [-0.2, -0.15) is 0 Å². The zero-order valence-corrected chi connectivity index (χ0v) is 11.3. The molecule has 1 fully saturated rings. The Labute approximate surface area is 113 Å². The molecule has 1 heterocycles.